The molecule has 0 aliphatic carbocycles. The number of anilines is 1. The van der Waals surface area contributed by atoms with Gasteiger partial charge in [-0.25, -0.2) is 0 Å². The largest absolute Gasteiger partial charge is 0.496 e. The topological polar surface area (TPSA) is 80.0 Å². The lowest BCUT2D eigenvalue weighted by atomic mass is 10.1. The number of nitrogen functional groups attached to an aromatic ring is 1. The van der Waals surface area contributed by atoms with Gasteiger partial charge in [-0.2, -0.15) is 0 Å². The van der Waals surface area contributed by atoms with Gasteiger partial charge in [-0.05, 0) is 30.3 Å². The van der Waals surface area contributed by atoms with Crippen LogP contribution in [0.4, 0.5) is 5.69 Å². The molecule has 0 amide bonds. The Bertz CT molecular complexity index is 878. The molecule has 0 radical (unpaired) electrons. The number of carbonyl (C=O) groups is 1. The van der Waals surface area contributed by atoms with Gasteiger partial charge in [-0.1, -0.05) is 11.6 Å². The molecule has 1 aliphatic rings. The van der Waals surface area contributed by atoms with Gasteiger partial charge in [0.25, 0.3) is 0 Å². The maximum atomic E-state index is 12.6. The van der Waals surface area contributed by atoms with Gasteiger partial charge in [0.1, 0.15) is 24.7 Å². The first-order chi connectivity index (χ1) is 12.5. The SMILES string of the molecule is COc1cc(C(=O)C(Cl)=Cc2cc3c(cc2OC)OCCO3)ccc1N. The van der Waals surface area contributed by atoms with Gasteiger partial charge < -0.3 is 24.7 Å². The highest BCUT2D eigenvalue weighted by Crippen LogP contribution is 2.38. The summed E-state index contributed by atoms with van der Waals surface area (Å²) in [5.74, 6) is 1.75. The number of ketones is 1. The molecule has 136 valence electrons. The Kier molecular flexibility index (Phi) is 5.23. The van der Waals surface area contributed by atoms with Gasteiger partial charge in [0.2, 0.25) is 5.78 Å². The van der Waals surface area contributed by atoms with Crippen molar-refractivity contribution in [3.8, 4) is 23.0 Å². The minimum absolute atomic E-state index is 0.0202. The number of halogens is 1. The molecule has 0 fully saturated rings. The summed E-state index contributed by atoms with van der Waals surface area (Å²) in [5.41, 5.74) is 7.20. The van der Waals surface area contributed by atoms with E-state index in [-0.39, 0.29) is 10.8 Å². The summed E-state index contributed by atoms with van der Waals surface area (Å²) < 4.78 is 21.6. The number of rotatable bonds is 5. The quantitative estimate of drug-likeness (QED) is 0.489. The number of hydrogen-bond donors (Lipinski definition) is 1. The summed E-state index contributed by atoms with van der Waals surface area (Å²) in [5, 5.41) is 0.0202. The molecule has 6 nitrogen and oxygen atoms in total. The monoisotopic (exact) mass is 375 g/mol. The zero-order valence-electron chi connectivity index (χ0n) is 14.4. The Labute approximate surface area is 156 Å². The molecule has 0 unspecified atom stereocenters. The van der Waals surface area contributed by atoms with Crippen LogP contribution in [-0.2, 0) is 0 Å². The summed E-state index contributed by atoms with van der Waals surface area (Å²) in [6.07, 6.45) is 1.53. The number of hydrogen-bond acceptors (Lipinski definition) is 6. The van der Waals surface area contributed by atoms with Crippen molar-refractivity contribution in [3.63, 3.8) is 0 Å². The summed E-state index contributed by atoms with van der Waals surface area (Å²) in [7, 11) is 3.01. The van der Waals surface area contributed by atoms with Crippen LogP contribution in [0, 0.1) is 0 Å². The van der Waals surface area contributed by atoms with Crippen LogP contribution in [0.2, 0.25) is 0 Å². The van der Waals surface area contributed by atoms with Crippen LogP contribution in [0.15, 0.2) is 35.4 Å². The molecular weight excluding hydrogens is 358 g/mol. The van der Waals surface area contributed by atoms with E-state index in [0.29, 0.717) is 53.0 Å². The number of nitrogens with two attached hydrogens (primary N) is 1. The van der Waals surface area contributed by atoms with Crippen LogP contribution in [-0.4, -0.2) is 33.2 Å². The van der Waals surface area contributed by atoms with Crippen LogP contribution in [0.5, 0.6) is 23.0 Å². The van der Waals surface area contributed by atoms with Crippen LogP contribution in [0.3, 0.4) is 0 Å². The Morgan fingerprint density at radius 2 is 1.73 bits per heavy atom. The Morgan fingerprint density at radius 3 is 2.38 bits per heavy atom. The van der Waals surface area contributed by atoms with Crippen LogP contribution in [0.1, 0.15) is 15.9 Å². The number of carbonyl (C=O) groups excluding carboxylic acids is 1. The summed E-state index contributed by atoms with van der Waals surface area (Å²) in [4.78, 5) is 12.6. The third-order valence-electron chi connectivity index (χ3n) is 3.89. The Morgan fingerprint density at radius 1 is 1.08 bits per heavy atom. The van der Waals surface area contributed by atoms with E-state index in [0.717, 1.165) is 0 Å². The fourth-order valence-electron chi connectivity index (χ4n) is 2.57. The maximum absolute atomic E-state index is 12.6. The average molecular weight is 376 g/mol. The fraction of sp³-hybridized carbons (Fsp3) is 0.211. The molecule has 2 aromatic carbocycles. The minimum Gasteiger partial charge on any atom is -0.496 e. The van der Waals surface area contributed by atoms with Gasteiger partial charge in [0.15, 0.2) is 11.5 Å². The highest BCUT2D eigenvalue weighted by Gasteiger charge is 2.18. The van der Waals surface area contributed by atoms with Crippen molar-refractivity contribution in [1.29, 1.82) is 0 Å². The first kappa shape index (κ1) is 17.9. The Balaban J connectivity index is 1.95. The van der Waals surface area contributed by atoms with Crippen LogP contribution < -0.4 is 24.7 Å². The zero-order chi connectivity index (χ0) is 18.7. The first-order valence-electron chi connectivity index (χ1n) is 7.86. The molecule has 0 atom stereocenters. The molecule has 1 aliphatic heterocycles. The van der Waals surface area contributed by atoms with E-state index in [4.69, 9.17) is 36.3 Å². The van der Waals surface area contributed by atoms with E-state index in [2.05, 4.69) is 0 Å². The predicted octanol–water partition coefficient (Wildman–Crippen LogP) is 3.52. The van der Waals surface area contributed by atoms with Crippen molar-refractivity contribution in [2.75, 3.05) is 33.2 Å². The van der Waals surface area contributed by atoms with Crippen molar-refractivity contribution in [2.24, 2.45) is 0 Å². The third-order valence-corrected chi connectivity index (χ3v) is 4.17. The molecule has 2 aromatic rings. The molecule has 26 heavy (non-hydrogen) atoms. The maximum Gasteiger partial charge on any atom is 0.204 e. The van der Waals surface area contributed by atoms with E-state index in [9.17, 15) is 4.79 Å². The van der Waals surface area contributed by atoms with Gasteiger partial charge in [-0.15, -0.1) is 0 Å². The summed E-state index contributed by atoms with van der Waals surface area (Å²) in [6, 6.07) is 8.18. The van der Waals surface area contributed by atoms with Crippen LogP contribution in [0.25, 0.3) is 6.08 Å². The number of Topliss-reactive ketones (excluding diaryl/α,β-unsaturated/α-hetero) is 1. The second-order valence-corrected chi connectivity index (χ2v) is 5.92. The molecule has 0 aromatic heterocycles. The number of allylic oxidation sites excluding steroid dienone is 1. The van der Waals surface area contributed by atoms with Crippen molar-refractivity contribution in [2.45, 2.75) is 0 Å². The van der Waals surface area contributed by atoms with Gasteiger partial charge in [0.05, 0.1) is 24.9 Å². The standard InChI is InChI=1S/C19H18ClNO5/c1-23-15-10-18-17(25-5-6-26-18)9-12(15)7-13(20)19(22)11-3-4-14(21)16(8-11)24-2/h3-4,7-10H,5-6,21H2,1-2H3. The lowest BCUT2D eigenvalue weighted by Gasteiger charge is -2.20. The molecule has 1 heterocycles. The predicted molar refractivity (Wildman–Crippen MR) is 99.6 cm³/mol. The normalized spacial score (nSPS) is 13.3. The van der Waals surface area contributed by atoms with Gasteiger partial charge >= 0.3 is 0 Å². The molecule has 0 saturated heterocycles. The lowest BCUT2D eigenvalue weighted by molar-refractivity contribution is 0.104. The van der Waals surface area contributed by atoms with E-state index in [1.54, 1.807) is 30.3 Å². The van der Waals surface area contributed by atoms with E-state index in [1.807, 2.05) is 0 Å². The van der Waals surface area contributed by atoms with Crippen molar-refractivity contribution in [1.82, 2.24) is 0 Å². The number of benzene rings is 2. The van der Waals surface area contributed by atoms with E-state index in [1.165, 1.54) is 20.3 Å². The minimum atomic E-state index is -0.359. The Hall–Kier alpha value is -2.86. The van der Waals surface area contributed by atoms with Gasteiger partial charge in [0, 0.05) is 17.2 Å². The van der Waals surface area contributed by atoms with Crippen LogP contribution >= 0.6 is 11.6 Å². The molecule has 7 heteroatoms. The molecule has 0 bridgehead atoms. The third kappa shape index (κ3) is 3.55. The van der Waals surface area contributed by atoms with Crippen molar-refractivity contribution < 1.29 is 23.7 Å². The summed E-state index contributed by atoms with van der Waals surface area (Å²) in [6.45, 7) is 0.934. The number of methoxy groups -OCH3 is 2. The highest BCUT2D eigenvalue weighted by molar-refractivity contribution is 6.47. The zero-order valence-corrected chi connectivity index (χ0v) is 15.1. The molecule has 0 saturated carbocycles. The molecule has 3 rings (SSSR count). The summed E-state index contributed by atoms with van der Waals surface area (Å²) >= 11 is 6.26. The molecule has 2 N–H and O–H groups in total. The second kappa shape index (κ2) is 7.58. The smallest absolute Gasteiger partial charge is 0.204 e. The van der Waals surface area contributed by atoms with Crippen molar-refractivity contribution >= 4 is 29.1 Å². The second-order valence-electron chi connectivity index (χ2n) is 5.52. The van der Waals surface area contributed by atoms with Crippen molar-refractivity contribution in [3.05, 3.63) is 46.5 Å². The number of fused-ring (bicyclic) bond motifs is 1. The average Bonchev–Trinajstić information content (AvgIpc) is 2.67. The lowest BCUT2D eigenvalue weighted by Crippen LogP contribution is -2.15. The molecular formula is C19H18ClNO5. The number of ether oxygens (including phenoxy) is 4. The van der Waals surface area contributed by atoms with E-state index < -0.39 is 0 Å². The fourth-order valence-corrected chi connectivity index (χ4v) is 2.79. The first-order valence-corrected chi connectivity index (χ1v) is 8.24. The van der Waals surface area contributed by atoms with E-state index >= 15 is 0 Å². The highest BCUT2D eigenvalue weighted by atomic mass is 35.5. The van der Waals surface area contributed by atoms with Gasteiger partial charge in [-0.3, -0.25) is 4.79 Å². The molecule has 0 spiro atoms.